The first-order chi connectivity index (χ1) is 7.77. The highest BCUT2D eigenvalue weighted by atomic mass is 16.2. The molecule has 0 saturated carbocycles. The van der Waals surface area contributed by atoms with E-state index >= 15 is 0 Å². The van der Waals surface area contributed by atoms with Crippen LogP contribution in [0.15, 0.2) is 36.5 Å². The zero-order valence-corrected chi connectivity index (χ0v) is 8.51. The van der Waals surface area contributed by atoms with Gasteiger partial charge in [0.2, 0.25) is 5.91 Å². The molecule has 0 fully saturated rings. The van der Waals surface area contributed by atoms with E-state index in [-0.39, 0.29) is 17.9 Å². The molecule has 80 valence electrons. The highest BCUT2D eigenvalue weighted by Crippen LogP contribution is 2.27. The molecule has 2 aliphatic heterocycles. The summed E-state index contributed by atoms with van der Waals surface area (Å²) in [5, 5.41) is 2.78. The lowest BCUT2D eigenvalue weighted by Gasteiger charge is -2.18. The largest absolute Gasteiger partial charge is 0.324 e. The minimum absolute atomic E-state index is 0.118. The summed E-state index contributed by atoms with van der Waals surface area (Å²) >= 11 is 0. The lowest BCUT2D eigenvalue weighted by Crippen LogP contribution is -2.38. The van der Waals surface area contributed by atoms with Crippen LogP contribution in [-0.2, 0) is 4.79 Å². The van der Waals surface area contributed by atoms with Crippen molar-refractivity contribution >= 4 is 17.5 Å². The normalized spacial score (nSPS) is 22.5. The molecule has 2 heterocycles. The van der Waals surface area contributed by atoms with Gasteiger partial charge in [-0.1, -0.05) is 18.2 Å². The maximum Gasteiger partial charge on any atom is 0.260 e. The maximum absolute atomic E-state index is 12.1. The molecule has 1 atom stereocenters. The second-order valence-electron chi connectivity index (χ2n) is 3.88. The number of benzene rings is 1. The first-order valence-electron chi connectivity index (χ1n) is 5.16. The Balaban J connectivity index is 2.14. The van der Waals surface area contributed by atoms with Crippen molar-refractivity contribution in [3.63, 3.8) is 0 Å². The number of para-hydroxylation sites is 1. The number of carbonyl (C=O) groups excluding carboxylic acids is 2. The van der Waals surface area contributed by atoms with Crippen LogP contribution in [0.3, 0.4) is 0 Å². The Kier molecular flexibility index (Phi) is 1.83. The van der Waals surface area contributed by atoms with E-state index in [1.807, 2.05) is 6.08 Å². The van der Waals surface area contributed by atoms with E-state index in [2.05, 4.69) is 5.32 Å². The molecule has 0 bridgehead atoms. The fourth-order valence-corrected chi connectivity index (χ4v) is 2.10. The summed E-state index contributed by atoms with van der Waals surface area (Å²) in [7, 11) is 0. The van der Waals surface area contributed by atoms with Gasteiger partial charge in [0, 0.05) is 6.20 Å². The van der Waals surface area contributed by atoms with Crippen molar-refractivity contribution in [3.05, 3.63) is 42.1 Å². The van der Waals surface area contributed by atoms with E-state index in [1.54, 1.807) is 30.5 Å². The third-order valence-electron chi connectivity index (χ3n) is 2.91. The highest BCUT2D eigenvalue weighted by molar-refractivity contribution is 6.10. The number of amides is 2. The molecule has 1 aromatic rings. The summed E-state index contributed by atoms with van der Waals surface area (Å²) < 4.78 is 0. The van der Waals surface area contributed by atoms with Gasteiger partial charge in [0.25, 0.3) is 5.91 Å². The van der Waals surface area contributed by atoms with Crippen molar-refractivity contribution in [2.24, 2.45) is 0 Å². The van der Waals surface area contributed by atoms with Gasteiger partial charge in [0.05, 0.1) is 11.3 Å². The number of fused-ring (bicyclic) bond motifs is 2. The Hall–Kier alpha value is -2.10. The second-order valence-corrected chi connectivity index (χ2v) is 3.88. The summed E-state index contributed by atoms with van der Waals surface area (Å²) in [5.74, 6) is -0.240. The van der Waals surface area contributed by atoms with Crippen LogP contribution in [0.25, 0.3) is 0 Å². The van der Waals surface area contributed by atoms with Crippen molar-refractivity contribution < 1.29 is 9.59 Å². The molecule has 3 rings (SSSR count). The molecule has 0 aromatic heterocycles. The molecule has 2 amide bonds. The summed E-state index contributed by atoms with van der Waals surface area (Å²) in [6.07, 6.45) is 4.12. The van der Waals surface area contributed by atoms with E-state index in [1.165, 1.54) is 4.90 Å². The smallest absolute Gasteiger partial charge is 0.260 e. The van der Waals surface area contributed by atoms with Crippen molar-refractivity contribution in [3.8, 4) is 0 Å². The van der Waals surface area contributed by atoms with Crippen molar-refractivity contribution in [1.82, 2.24) is 4.90 Å². The topological polar surface area (TPSA) is 49.4 Å². The van der Waals surface area contributed by atoms with Crippen LogP contribution in [0.1, 0.15) is 16.8 Å². The first kappa shape index (κ1) is 9.15. The quantitative estimate of drug-likeness (QED) is 0.709. The molecule has 2 aliphatic rings. The predicted molar refractivity (Wildman–Crippen MR) is 58.8 cm³/mol. The van der Waals surface area contributed by atoms with Crippen LogP contribution in [0.2, 0.25) is 0 Å². The van der Waals surface area contributed by atoms with Crippen LogP contribution < -0.4 is 5.32 Å². The minimum atomic E-state index is -0.389. The lowest BCUT2D eigenvalue weighted by molar-refractivity contribution is -0.119. The summed E-state index contributed by atoms with van der Waals surface area (Å²) in [6, 6.07) is 6.69. The van der Waals surface area contributed by atoms with Crippen LogP contribution in [0.4, 0.5) is 5.69 Å². The van der Waals surface area contributed by atoms with E-state index in [0.717, 1.165) is 0 Å². The fraction of sp³-hybridized carbons (Fsp3) is 0.167. The van der Waals surface area contributed by atoms with Crippen LogP contribution in [0.5, 0.6) is 0 Å². The van der Waals surface area contributed by atoms with Crippen molar-refractivity contribution in [1.29, 1.82) is 0 Å². The van der Waals surface area contributed by atoms with Gasteiger partial charge in [-0.15, -0.1) is 0 Å². The number of rotatable bonds is 0. The zero-order chi connectivity index (χ0) is 11.1. The van der Waals surface area contributed by atoms with Crippen LogP contribution in [0, 0.1) is 0 Å². The molecule has 4 heteroatoms. The Morgan fingerprint density at radius 2 is 2.06 bits per heavy atom. The molecular weight excluding hydrogens is 204 g/mol. The highest BCUT2D eigenvalue weighted by Gasteiger charge is 2.35. The van der Waals surface area contributed by atoms with Crippen molar-refractivity contribution in [2.75, 3.05) is 5.32 Å². The Bertz CT molecular complexity index is 507. The third-order valence-corrected chi connectivity index (χ3v) is 2.91. The number of nitrogens with zero attached hydrogens (tertiary/aromatic N) is 1. The summed E-state index contributed by atoms with van der Waals surface area (Å²) in [4.78, 5) is 25.5. The van der Waals surface area contributed by atoms with E-state index in [4.69, 9.17) is 0 Å². The molecule has 1 N–H and O–H groups in total. The fourth-order valence-electron chi connectivity index (χ4n) is 2.10. The molecule has 0 aliphatic carbocycles. The SMILES string of the molecule is O=C1Nc2ccccc2C(=O)N2C=CCC12. The average Bonchev–Trinajstić information content (AvgIpc) is 2.74. The Morgan fingerprint density at radius 3 is 2.94 bits per heavy atom. The number of anilines is 1. The molecule has 0 spiro atoms. The molecule has 4 nitrogen and oxygen atoms in total. The standard InChI is InChI=1S/C12H10N2O2/c15-11-10-6-3-7-14(10)12(16)8-4-1-2-5-9(8)13-11/h1-5,7,10H,6H2,(H,13,15). The van der Waals surface area contributed by atoms with Gasteiger partial charge in [-0.3, -0.25) is 9.59 Å². The van der Waals surface area contributed by atoms with Gasteiger partial charge in [0.1, 0.15) is 6.04 Å². The monoisotopic (exact) mass is 214 g/mol. The third kappa shape index (κ3) is 1.16. The summed E-state index contributed by atoms with van der Waals surface area (Å²) in [5.41, 5.74) is 1.14. The number of hydrogen-bond donors (Lipinski definition) is 1. The predicted octanol–water partition coefficient (Wildman–Crippen LogP) is 1.37. The molecule has 0 radical (unpaired) electrons. The van der Waals surface area contributed by atoms with Crippen LogP contribution >= 0.6 is 0 Å². The van der Waals surface area contributed by atoms with Gasteiger partial charge in [-0.05, 0) is 18.6 Å². The molecule has 0 saturated heterocycles. The average molecular weight is 214 g/mol. The van der Waals surface area contributed by atoms with Crippen LogP contribution in [-0.4, -0.2) is 22.8 Å². The van der Waals surface area contributed by atoms with E-state index < -0.39 is 0 Å². The first-order valence-corrected chi connectivity index (χ1v) is 5.16. The minimum Gasteiger partial charge on any atom is -0.324 e. The number of hydrogen-bond acceptors (Lipinski definition) is 2. The zero-order valence-electron chi connectivity index (χ0n) is 8.51. The van der Waals surface area contributed by atoms with E-state index in [0.29, 0.717) is 17.7 Å². The Labute approximate surface area is 92.6 Å². The van der Waals surface area contributed by atoms with Gasteiger partial charge in [-0.25, -0.2) is 0 Å². The van der Waals surface area contributed by atoms with Gasteiger partial charge < -0.3 is 10.2 Å². The van der Waals surface area contributed by atoms with Gasteiger partial charge >= 0.3 is 0 Å². The second kappa shape index (κ2) is 3.20. The molecule has 1 unspecified atom stereocenters. The molecular formula is C12H10N2O2. The number of nitrogens with one attached hydrogen (secondary N) is 1. The Morgan fingerprint density at radius 1 is 1.25 bits per heavy atom. The molecule has 16 heavy (non-hydrogen) atoms. The molecule has 1 aromatic carbocycles. The van der Waals surface area contributed by atoms with Gasteiger partial charge in [-0.2, -0.15) is 0 Å². The summed E-state index contributed by atoms with van der Waals surface area (Å²) in [6.45, 7) is 0. The number of carbonyl (C=O) groups is 2. The van der Waals surface area contributed by atoms with E-state index in [9.17, 15) is 9.59 Å². The maximum atomic E-state index is 12.1. The van der Waals surface area contributed by atoms with Gasteiger partial charge in [0.15, 0.2) is 0 Å². The lowest BCUT2D eigenvalue weighted by atomic mass is 10.1. The van der Waals surface area contributed by atoms with Crippen molar-refractivity contribution in [2.45, 2.75) is 12.5 Å².